The van der Waals surface area contributed by atoms with Crippen LogP contribution in [0.1, 0.15) is 37.9 Å². The topological polar surface area (TPSA) is 90.6 Å². The Bertz CT molecular complexity index is 1150. The van der Waals surface area contributed by atoms with E-state index in [2.05, 4.69) is 6.19 Å². The lowest BCUT2D eigenvalue weighted by Crippen LogP contribution is -2.17. The van der Waals surface area contributed by atoms with Crippen LogP contribution in [0, 0.1) is 11.5 Å². The summed E-state index contributed by atoms with van der Waals surface area (Å²) in [7, 11) is 0. The van der Waals surface area contributed by atoms with Crippen LogP contribution >= 0.6 is 0 Å². The van der Waals surface area contributed by atoms with Crippen LogP contribution in [0.25, 0.3) is 0 Å². The molecule has 0 saturated carbocycles. The van der Waals surface area contributed by atoms with Gasteiger partial charge in [-0.05, 0) is 29.8 Å². The molecule has 1 heterocycles. The fourth-order valence-electron chi connectivity index (χ4n) is 3.56. The van der Waals surface area contributed by atoms with Gasteiger partial charge in [0.05, 0.1) is 22.5 Å². The average Bonchev–Trinajstić information content (AvgIpc) is 2.88. The summed E-state index contributed by atoms with van der Waals surface area (Å²) in [6, 6.07) is 20.6. The molecule has 3 aromatic carbocycles. The number of esters is 1. The number of benzene rings is 3. The fourth-order valence-corrected chi connectivity index (χ4v) is 3.56. The van der Waals surface area contributed by atoms with E-state index in [1.807, 2.05) is 42.5 Å². The van der Waals surface area contributed by atoms with Gasteiger partial charge >= 0.3 is 11.9 Å². The first-order chi connectivity index (χ1) is 14.1. The van der Waals surface area contributed by atoms with Crippen molar-refractivity contribution in [3.05, 3.63) is 95.1 Å². The van der Waals surface area contributed by atoms with Crippen LogP contribution in [0.3, 0.4) is 0 Å². The lowest BCUT2D eigenvalue weighted by atomic mass is 10.0. The maximum Gasteiger partial charge on any atom is 0.339 e. The monoisotopic (exact) mass is 384 g/mol. The van der Waals surface area contributed by atoms with E-state index in [0.29, 0.717) is 17.7 Å². The number of carbonyl (C=O) groups excluding carboxylic acids is 1. The highest BCUT2D eigenvalue weighted by Crippen LogP contribution is 2.41. The molecule has 4 rings (SSSR count). The van der Waals surface area contributed by atoms with Crippen molar-refractivity contribution in [2.45, 2.75) is 12.5 Å². The van der Waals surface area contributed by atoms with Gasteiger partial charge in [0.1, 0.15) is 6.10 Å². The van der Waals surface area contributed by atoms with E-state index < -0.39 is 18.0 Å². The molecule has 6 nitrogen and oxygen atoms in total. The number of anilines is 2. The third kappa shape index (κ3) is 3.30. The summed E-state index contributed by atoms with van der Waals surface area (Å²) in [5.41, 5.74) is 2.78. The highest BCUT2D eigenvalue weighted by molar-refractivity contribution is 6.02. The first-order valence-corrected chi connectivity index (χ1v) is 9.00. The number of ether oxygens (including phenoxy) is 1. The van der Waals surface area contributed by atoms with Gasteiger partial charge in [0.25, 0.3) is 0 Å². The molecule has 1 aliphatic heterocycles. The number of para-hydroxylation sites is 2. The highest BCUT2D eigenvalue weighted by atomic mass is 16.5. The fraction of sp³-hybridized carbons (Fsp3) is 0.0870. The molecule has 0 radical (unpaired) electrons. The zero-order chi connectivity index (χ0) is 20.4. The van der Waals surface area contributed by atoms with Gasteiger partial charge in [0.15, 0.2) is 6.19 Å². The Morgan fingerprint density at radius 2 is 1.55 bits per heavy atom. The zero-order valence-corrected chi connectivity index (χ0v) is 15.3. The molecule has 29 heavy (non-hydrogen) atoms. The summed E-state index contributed by atoms with van der Waals surface area (Å²) in [6.45, 7) is 0. The maximum atomic E-state index is 12.9. The van der Waals surface area contributed by atoms with Gasteiger partial charge in [0, 0.05) is 12.0 Å². The summed E-state index contributed by atoms with van der Waals surface area (Å²) in [4.78, 5) is 25.8. The predicted molar refractivity (Wildman–Crippen MR) is 106 cm³/mol. The molecule has 1 unspecified atom stereocenters. The van der Waals surface area contributed by atoms with Gasteiger partial charge in [-0.3, -0.25) is 0 Å². The van der Waals surface area contributed by atoms with Crippen LogP contribution in [0.15, 0.2) is 72.8 Å². The second-order valence-corrected chi connectivity index (χ2v) is 6.57. The third-order valence-electron chi connectivity index (χ3n) is 4.89. The lowest BCUT2D eigenvalue weighted by molar-refractivity contribution is 0.0295. The molecule has 1 aliphatic rings. The molecule has 0 saturated heterocycles. The first kappa shape index (κ1) is 18.3. The number of hydrogen-bond donors (Lipinski definition) is 1. The lowest BCUT2D eigenvalue weighted by Gasteiger charge is -2.20. The van der Waals surface area contributed by atoms with E-state index in [1.54, 1.807) is 18.2 Å². The smallest absolute Gasteiger partial charge is 0.339 e. The predicted octanol–water partition coefficient (Wildman–Crippen LogP) is 4.46. The Hall–Kier alpha value is -4.11. The number of rotatable bonds is 3. The quantitative estimate of drug-likeness (QED) is 0.530. The summed E-state index contributed by atoms with van der Waals surface area (Å²) in [5.74, 6) is -1.91. The van der Waals surface area contributed by atoms with Crippen molar-refractivity contribution in [1.29, 1.82) is 5.26 Å². The molecule has 6 heteroatoms. The van der Waals surface area contributed by atoms with Gasteiger partial charge in [0.2, 0.25) is 0 Å². The van der Waals surface area contributed by atoms with Crippen molar-refractivity contribution >= 4 is 23.3 Å². The van der Waals surface area contributed by atoms with Crippen molar-refractivity contribution < 1.29 is 19.4 Å². The Balaban J connectivity index is 1.77. The number of carbonyl (C=O) groups is 2. The molecule has 3 aromatic rings. The summed E-state index contributed by atoms with van der Waals surface area (Å²) in [5, 5.41) is 19.1. The van der Waals surface area contributed by atoms with Gasteiger partial charge in [-0.2, -0.15) is 5.26 Å². The number of nitrogens with zero attached hydrogens (tertiary/aromatic N) is 2. The number of carboxylic acids is 1. The molecule has 0 aliphatic carbocycles. The van der Waals surface area contributed by atoms with Crippen molar-refractivity contribution in [1.82, 2.24) is 0 Å². The molecular formula is C23H16N2O4. The average molecular weight is 384 g/mol. The minimum absolute atomic E-state index is 0.00727. The number of carboxylic acid groups (broad SMARTS) is 1. The normalized spacial score (nSPS) is 14.7. The molecule has 0 fully saturated rings. The van der Waals surface area contributed by atoms with Gasteiger partial charge in [-0.25, -0.2) is 14.5 Å². The molecular weight excluding hydrogens is 368 g/mol. The van der Waals surface area contributed by atoms with Crippen molar-refractivity contribution in [2.75, 3.05) is 4.90 Å². The summed E-state index contributed by atoms with van der Waals surface area (Å²) >= 11 is 0. The Kier molecular flexibility index (Phi) is 4.71. The summed E-state index contributed by atoms with van der Waals surface area (Å²) in [6.07, 6.45) is 1.90. The Morgan fingerprint density at radius 3 is 2.28 bits per heavy atom. The number of fused-ring (bicyclic) bond motifs is 2. The molecule has 1 N–H and O–H groups in total. The molecule has 0 bridgehead atoms. The number of aromatic carboxylic acids is 1. The van der Waals surface area contributed by atoms with E-state index in [4.69, 9.17) is 4.74 Å². The standard InChI is InChI=1S/C23H16N2O4/c24-14-25-19-11-5-1-7-15(19)13-21(18-10-4-6-12-20(18)25)29-23(28)17-9-3-2-8-16(17)22(26)27/h1-12,21H,13H2,(H,26,27). The molecule has 0 amide bonds. The van der Waals surface area contributed by atoms with E-state index in [9.17, 15) is 20.0 Å². The second-order valence-electron chi connectivity index (χ2n) is 6.57. The first-order valence-electron chi connectivity index (χ1n) is 9.00. The third-order valence-corrected chi connectivity index (χ3v) is 4.89. The van der Waals surface area contributed by atoms with E-state index in [-0.39, 0.29) is 11.1 Å². The van der Waals surface area contributed by atoms with Crippen molar-refractivity contribution in [3.8, 4) is 6.19 Å². The van der Waals surface area contributed by atoms with Crippen LogP contribution in [-0.2, 0) is 11.2 Å². The van der Waals surface area contributed by atoms with Crippen LogP contribution in [0.5, 0.6) is 0 Å². The Labute approximate surface area is 167 Å². The molecule has 142 valence electrons. The number of nitriles is 1. The largest absolute Gasteiger partial charge is 0.478 e. The van der Waals surface area contributed by atoms with Crippen LogP contribution < -0.4 is 4.90 Å². The van der Waals surface area contributed by atoms with E-state index in [0.717, 1.165) is 11.3 Å². The van der Waals surface area contributed by atoms with Gasteiger partial charge in [-0.1, -0.05) is 48.5 Å². The molecule has 0 spiro atoms. The number of hydrogen-bond acceptors (Lipinski definition) is 5. The van der Waals surface area contributed by atoms with Crippen molar-refractivity contribution in [3.63, 3.8) is 0 Å². The van der Waals surface area contributed by atoms with Crippen LogP contribution in [-0.4, -0.2) is 17.0 Å². The second kappa shape index (κ2) is 7.49. The van der Waals surface area contributed by atoms with Crippen LogP contribution in [0.4, 0.5) is 11.4 Å². The van der Waals surface area contributed by atoms with Gasteiger partial charge in [-0.15, -0.1) is 0 Å². The van der Waals surface area contributed by atoms with E-state index >= 15 is 0 Å². The molecule has 0 aromatic heterocycles. The zero-order valence-electron chi connectivity index (χ0n) is 15.3. The minimum atomic E-state index is -1.19. The Morgan fingerprint density at radius 1 is 0.931 bits per heavy atom. The van der Waals surface area contributed by atoms with Crippen molar-refractivity contribution in [2.24, 2.45) is 0 Å². The van der Waals surface area contributed by atoms with Gasteiger partial charge < -0.3 is 9.84 Å². The van der Waals surface area contributed by atoms with Crippen LogP contribution in [0.2, 0.25) is 0 Å². The van der Waals surface area contributed by atoms with E-state index in [1.165, 1.54) is 17.0 Å². The SMILES string of the molecule is N#CN1c2ccccc2CC(OC(=O)c2ccccc2C(=O)O)c2ccccc21. The maximum absolute atomic E-state index is 12.9. The summed E-state index contributed by atoms with van der Waals surface area (Å²) < 4.78 is 5.79. The molecule has 1 atom stereocenters. The highest BCUT2D eigenvalue weighted by Gasteiger charge is 2.30. The minimum Gasteiger partial charge on any atom is -0.478 e.